The number of nitrogens with one attached hydrogen (secondary N) is 1. The minimum Gasteiger partial charge on any atom is -0.308 e. The van der Waals surface area contributed by atoms with Crippen LogP contribution in [0.3, 0.4) is 0 Å². The van der Waals surface area contributed by atoms with E-state index in [0.717, 1.165) is 24.1 Å². The van der Waals surface area contributed by atoms with E-state index in [1.807, 2.05) is 18.2 Å². The van der Waals surface area contributed by atoms with Crippen molar-refractivity contribution < 1.29 is 18.0 Å². The number of Topliss-reactive ketones (excluding diaryl/α,β-unsaturated/α-hetero) is 1. The van der Waals surface area contributed by atoms with Gasteiger partial charge in [0.15, 0.2) is 5.78 Å². The number of rotatable bonds is 5. The van der Waals surface area contributed by atoms with Gasteiger partial charge in [0.1, 0.15) is 0 Å². The van der Waals surface area contributed by atoms with Gasteiger partial charge in [-0.05, 0) is 67.8 Å². The average Bonchev–Trinajstić information content (AvgIpc) is 2.78. The van der Waals surface area contributed by atoms with Crippen LogP contribution in [-0.4, -0.2) is 26.7 Å². The zero-order chi connectivity index (χ0) is 22.0. The summed E-state index contributed by atoms with van der Waals surface area (Å²) in [6, 6.07) is 20.2. The van der Waals surface area contributed by atoms with Crippen molar-refractivity contribution in [3.8, 4) is 0 Å². The number of carbonyl (C=O) groups excluding carboxylic acids is 2. The third-order valence-electron chi connectivity index (χ3n) is 5.27. The lowest BCUT2D eigenvalue weighted by molar-refractivity contribution is 0.0983. The van der Waals surface area contributed by atoms with Crippen molar-refractivity contribution in [3.05, 3.63) is 89.5 Å². The van der Waals surface area contributed by atoms with E-state index in [0.29, 0.717) is 23.4 Å². The van der Waals surface area contributed by atoms with Gasteiger partial charge in [0.25, 0.3) is 15.9 Å². The largest absolute Gasteiger partial charge is 0.308 e. The summed E-state index contributed by atoms with van der Waals surface area (Å²) in [5.41, 5.74) is 3.07. The van der Waals surface area contributed by atoms with Gasteiger partial charge >= 0.3 is 0 Å². The molecule has 1 amide bonds. The van der Waals surface area contributed by atoms with E-state index < -0.39 is 10.0 Å². The minimum atomic E-state index is -3.85. The van der Waals surface area contributed by atoms with E-state index in [-0.39, 0.29) is 16.6 Å². The molecular formula is C24H22N2O4S. The second-order valence-corrected chi connectivity index (χ2v) is 9.14. The van der Waals surface area contributed by atoms with Crippen molar-refractivity contribution >= 4 is 33.1 Å². The second kappa shape index (κ2) is 8.35. The van der Waals surface area contributed by atoms with Gasteiger partial charge in [0.2, 0.25) is 0 Å². The molecule has 0 radical (unpaired) electrons. The Morgan fingerprint density at radius 3 is 2.39 bits per heavy atom. The molecule has 0 aromatic heterocycles. The Morgan fingerprint density at radius 2 is 1.65 bits per heavy atom. The van der Waals surface area contributed by atoms with Crippen LogP contribution in [0, 0.1) is 0 Å². The number of amides is 1. The Hall–Kier alpha value is -3.45. The maximum atomic E-state index is 12.9. The number of anilines is 2. The highest BCUT2D eigenvalue weighted by atomic mass is 32.2. The van der Waals surface area contributed by atoms with Crippen LogP contribution >= 0.6 is 0 Å². The van der Waals surface area contributed by atoms with Gasteiger partial charge in [-0.1, -0.05) is 30.3 Å². The molecule has 6 nitrogen and oxygen atoms in total. The Bertz CT molecular complexity index is 1250. The molecule has 0 bridgehead atoms. The van der Waals surface area contributed by atoms with Crippen molar-refractivity contribution in [3.63, 3.8) is 0 Å². The first-order valence-corrected chi connectivity index (χ1v) is 11.5. The van der Waals surface area contributed by atoms with Crippen LogP contribution in [0.2, 0.25) is 0 Å². The van der Waals surface area contributed by atoms with E-state index in [1.54, 1.807) is 47.4 Å². The Morgan fingerprint density at radius 1 is 0.903 bits per heavy atom. The Labute approximate surface area is 181 Å². The monoisotopic (exact) mass is 434 g/mol. The third kappa shape index (κ3) is 4.36. The topological polar surface area (TPSA) is 83.6 Å². The van der Waals surface area contributed by atoms with Gasteiger partial charge in [-0.15, -0.1) is 0 Å². The van der Waals surface area contributed by atoms with E-state index in [2.05, 4.69) is 4.72 Å². The van der Waals surface area contributed by atoms with Gasteiger partial charge in [-0.3, -0.25) is 14.3 Å². The zero-order valence-electron chi connectivity index (χ0n) is 17.0. The van der Waals surface area contributed by atoms with Gasteiger partial charge in [0.05, 0.1) is 4.90 Å². The highest BCUT2D eigenvalue weighted by molar-refractivity contribution is 7.92. The number of hydrogen-bond donors (Lipinski definition) is 1. The quantitative estimate of drug-likeness (QED) is 0.608. The molecule has 1 heterocycles. The number of hydrogen-bond acceptors (Lipinski definition) is 4. The van der Waals surface area contributed by atoms with Gasteiger partial charge in [-0.25, -0.2) is 8.42 Å². The van der Waals surface area contributed by atoms with Gasteiger partial charge < -0.3 is 4.90 Å². The number of nitrogens with zero attached hydrogens (tertiary/aromatic N) is 1. The lowest BCUT2D eigenvalue weighted by atomic mass is 10.00. The van der Waals surface area contributed by atoms with Crippen molar-refractivity contribution in [2.75, 3.05) is 16.2 Å². The van der Waals surface area contributed by atoms with Gasteiger partial charge in [0, 0.05) is 29.0 Å². The van der Waals surface area contributed by atoms with Crippen molar-refractivity contribution in [1.82, 2.24) is 0 Å². The summed E-state index contributed by atoms with van der Waals surface area (Å²) in [6.07, 6.45) is 1.55. The Kier molecular flexibility index (Phi) is 5.61. The molecule has 1 N–H and O–H groups in total. The molecule has 1 aliphatic rings. The number of sulfonamides is 1. The first kappa shape index (κ1) is 20.8. The minimum absolute atomic E-state index is 0.0267. The van der Waals surface area contributed by atoms with Crippen LogP contribution in [0.25, 0.3) is 0 Å². The molecule has 0 saturated carbocycles. The summed E-state index contributed by atoms with van der Waals surface area (Å²) in [6.45, 7) is 2.01. The van der Waals surface area contributed by atoms with E-state index in [9.17, 15) is 18.0 Å². The molecule has 158 valence electrons. The number of ketones is 1. The number of aryl methyl sites for hydroxylation is 1. The van der Waals surface area contributed by atoms with E-state index in [1.165, 1.54) is 19.1 Å². The lowest BCUT2D eigenvalue weighted by Crippen LogP contribution is -2.35. The summed E-state index contributed by atoms with van der Waals surface area (Å²) in [7, 11) is -3.85. The molecule has 0 atom stereocenters. The normalized spacial score (nSPS) is 13.4. The van der Waals surface area contributed by atoms with Crippen LogP contribution in [0.4, 0.5) is 11.4 Å². The molecule has 1 aliphatic heterocycles. The molecule has 3 aromatic rings. The SMILES string of the molecule is CC(=O)c1cccc(S(=O)(=O)Nc2ccc3c(c2)CCCN3C(=O)c2ccccc2)c1. The summed E-state index contributed by atoms with van der Waals surface area (Å²) in [4.78, 5) is 26.3. The molecule has 3 aromatic carbocycles. The standard InChI is InChI=1S/C24H22N2O4S/c1-17(27)19-9-5-11-22(16-19)31(29,30)25-21-12-13-23-20(15-21)10-6-14-26(23)24(28)18-7-3-2-4-8-18/h2-5,7-9,11-13,15-16,25H,6,10,14H2,1H3. The molecule has 0 spiro atoms. The first-order chi connectivity index (χ1) is 14.8. The van der Waals surface area contributed by atoms with Crippen LogP contribution in [0.1, 0.15) is 39.6 Å². The van der Waals surface area contributed by atoms with Gasteiger partial charge in [-0.2, -0.15) is 0 Å². The summed E-state index contributed by atoms with van der Waals surface area (Å²) in [5.74, 6) is -0.273. The average molecular weight is 435 g/mol. The third-order valence-corrected chi connectivity index (χ3v) is 6.65. The van der Waals surface area contributed by atoms with E-state index in [4.69, 9.17) is 0 Å². The predicted molar refractivity (Wildman–Crippen MR) is 120 cm³/mol. The highest BCUT2D eigenvalue weighted by Gasteiger charge is 2.24. The summed E-state index contributed by atoms with van der Waals surface area (Å²) < 4.78 is 28.2. The summed E-state index contributed by atoms with van der Waals surface area (Å²) in [5, 5.41) is 0. The fourth-order valence-corrected chi connectivity index (χ4v) is 4.80. The number of carbonyl (C=O) groups is 2. The molecular weight excluding hydrogens is 412 g/mol. The highest BCUT2D eigenvalue weighted by Crippen LogP contribution is 2.31. The molecule has 4 rings (SSSR count). The predicted octanol–water partition coefficient (Wildman–Crippen LogP) is 4.28. The number of fused-ring (bicyclic) bond motifs is 1. The number of benzene rings is 3. The molecule has 0 unspecified atom stereocenters. The maximum absolute atomic E-state index is 12.9. The Balaban J connectivity index is 1.60. The molecule has 0 fully saturated rings. The van der Waals surface area contributed by atoms with E-state index >= 15 is 0 Å². The fourth-order valence-electron chi connectivity index (χ4n) is 3.70. The van der Waals surface area contributed by atoms with Crippen LogP contribution in [0.5, 0.6) is 0 Å². The van der Waals surface area contributed by atoms with Crippen molar-refractivity contribution in [2.24, 2.45) is 0 Å². The molecule has 0 aliphatic carbocycles. The lowest BCUT2D eigenvalue weighted by Gasteiger charge is -2.30. The molecule has 31 heavy (non-hydrogen) atoms. The van der Waals surface area contributed by atoms with Crippen molar-refractivity contribution in [1.29, 1.82) is 0 Å². The van der Waals surface area contributed by atoms with Crippen LogP contribution < -0.4 is 9.62 Å². The van der Waals surface area contributed by atoms with Crippen molar-refractivity contribution in [2.45, 2.75) is 24.7 Å². The zero-order valence-corrected chi connectivity index (χ0v) is 17.9. The second-order valence-electron chi connectivity index (χ2n) is 7.46. The smallest absolute Gasteiger partial charge is 0.261 e. The van der Waals surface area contributed by atoms with Crippen LogP contribution in [0.15, 0.2) is 77.7 Å². The summed E-state index contributed by atoms with van der Waals surface area (Å²) >= 11 is 0. The molecule has 0 saturated heterocycles. The molecule has 7 heteroatoms. The van der Waals surface area contributed by atoms with Crippen LogP contribution in [-0.2, 0) is 16.4 Å². The first-order valence-electron chi connectivity index (χ1n) is 9.99. The maximum Gasteiger partial charge on any atom is 0.261 e. The fraction of sp³-hybridized carbons (Fsp3) is 0.167.